The van der Waals surface area contributed by atoms with Gasteiger partial charge in [0.1, 0.15) is 5.75 Å². The van der Waals surface area contributed by atoms with Crippen LogP contribution in [0.3, 0.4) is 0 Å². The number of anilines is 1. The maximum absolute atomic E-state index is 10.6. The van der Waals surface area contributed by atoms with E-state index in [-0.39, 0.29) is 22.8 Å². The summed E-state index contributed by atoms with van der Waals surface area (Å²) in [7, 11) is 0. The monoisotopic (exact) mass is 275 g/mol. The summed E-state index contributed by atoms with van der Waals surface area (Å²) in [4.78, 5) is 20.0. The van der Waals surface area contributed by atoms with Gasteiger partial charge in [0, 0.05) is 24.3 Å². The van der Waals surface area contributed by atoms with Gasteiger partial charge >= 0.3 is 0 Å². The molecule has 2 aromatic rings. The highest BCUT2D eigenvalue weighted by Gasteiger charge is 2.11. The first-order valence-corrected chi connectivity index (χ1v) is 5.43. The van der Waals surface area contributed by atoms with Crippen LogP contribution in [-0.4, -0.2) is 9.85 Å². The van der Waals surface area contributed by atoms with Crippen LogP contribution in [-0.2, 0) is 0 Å². The maximum atomic E-state index is 10.6. The number of nitro benzene ring substituents is 2. The van der Waals surface area contributed by atoms with Crippen molar-refractivity contribution >= 4 is 17.1 Å². The van der Waals surface area contributed by atoms with Crippen LogP contribution in [0.5, 0.6) is 11.5 Å². The van der Waals surface area contributed by atoms with Crippen molar-refractivity contribution in [1.29, 1.82) is 0 Å². The summed E-state index contributed by atoms with van der Waals surface area (Å²) in [6.45, 7) is 0. The largest absolute Gasteiger partial charge is 0.455 e. The molecule has 2 aromatic carbocycles. The highest BCUT2D eigenvalue weighted by atomic mass is 16.6. The van der Waals surface area contributed by atoms with Crippen molar-refractivity contribution in [2.75, 3.05) is 5.73 Å². The first-order chi connectivity index (χ1) is 9.47. The summed E-state index contributed by atoms with van der Waals surface area (Å²) < 4.78 is 5.41. The summed E-state index contributed by atoms with van der Waals surface area (Å²) in [5, 5.41) is 21.1. The molecule has 0 fully saturated rings. The summed E-state index contributed by atoms with van der Waals surface area (Å²) in [6, 6.07) is 9.22. The highest BCUT2D eigenvalue weighted by Crippen LogP contribution is 2.31. The zero-order valence-corrected chi connectivity index (χ0v) is 10.1. The molecule has 0 saturated carbocycles. The SMILES string of the molecule is Nc1cc([N+](=O)[O-])ccc1Oc1ccc([N+](=O)[O-])cc1. The molecule has 20 heavy (non-hydrogen) atoms. The molecule has 0 aliphatic carbocycles. The highest BCUT2D eigenvalue weighted by molar-refractivity contribution is 5.59. The van der Waals surface area contributed by atoms with Crippen molar-refractivity contribution in [3.05, 3.63) is 62.7 Å². The van der Waals surface area contributed by atoms with Gasteiger partial charge in [-0.1, -0.05) is 0 Å². The van der Waals surface area contributed by atoms with E-state index in [1.807, 2.05) is 0 Å². The molecule has 0 atom stereocenters. The lowest BCUT2D eigenvalue weighted by molar-refractivity contribution is -0.385. The number of nitro groups is 2. The van der Waals surface area contributed by atoms with E-state index in [0.717, 1.165) is 0 Å². The Balaban J connectivity index is 2.21. The minimum atomic E-state index is -0.563. The number of benzene rings is 2. The summed E-state index contributed by atoms with van der Waals surface area (Å²) in [5.41, 5.74) is 5.55. The van der Waals surface area contributed by atoms with Gasteiger partial charge in [0.15, 0.2) is 5.75 Å². The maximum Gasteiger partial charge on any atom is 0.271 e. The number of ether oxygens (including phenoxy) is 1. The van der Waals surface area contributed by atoms with Gasteiger partial charge in [-0.2, -0.15) is 0 Å². The van der Waals surface area contributed by atoms with E-state index in [4.69, 9.17) is 10.5 Å². The third-order valence-electron chi connectivity index (χ3n) is 2.48. The molecule has 0 aliphatic heterocycles. The summed E-state index contributed by atoms with van der Waals surface area (Å²) in [5.74, 6) is 0.584. The van der Waals surface area contributed by atoms with Crippen LogP contribution in [0.1, 0.15) is 0 Å². The van der Waals surface area contributed by atoms with E-state index < -0.39 is 9.85 Å². The quantitative estimate of drug-likeness (QED) is 0.520. The molecule has 0 aromatic heterocycles. The van der Waals surface area contributed by atoms with Gasteiger partial charge in [-0.05, 0) is 18.2 Å². The van der Waals surface area contributed by atoms with Crippen LogP contribution in [0.15, 0.2) is 42.5 Å². The number of non-ortho nitro benzene ring substituents is 2. The van der Waals surface area contributed by atoms with E-state index in [1.54, 1.807) is 0 Å². The van der Waals surface area contributed by atoms with Gasteiger partial charge < -0.3 is 10.5 Å². The Hall–Kier alpha value is -3.16. The third kappa shape index (κ3) is 2.80. The van der Waals surface area contributed by atoms with Crippen LogP contribution in [0, 0.1) is 20.2 Å². The second-order valence-electron chi connectivity index (χ2n) is 3.83. The standard InChI is InChI=1S/C12H9N3O5/c13-11-7-9(15(18)19)3-6-12(11)20-10-4-1-8(2-5-10)14(16)17/h1-7H,13H2. The zero-order chi connectivity index (χ0) is 14.7. The van der Waals surface area contributed by atoms with E-state index in [0.29, 0.717) is 5.75 Å². The van der Waals surface area contributed by atoms with Gasteiger partial charge in [0.05, 0.1) is 15.5 Å². The number of hydrogen-bond acceptors (Lipinski definition) is 6. The number of nitrogens with two attached hydrogens (primary N) is 1. The average molecular weight is 275 g/mol. The average Bonchev–Trinajstić information content (AvgIpc) is 2.41. The fourth-order valence-electron chi connectivity index (χ4n) is 1.51. The number of rotatable bonds is 4. The van der Waals surface area contributed by atoms with Gasteiger partial charge in [-0.25, -0.2) is 0 Å². The normalized spacial score (nSPS) is 10.0. The fraction of sp³-hybridized carbons (Fsp3) is 0. The predicted molar refractivity (Wildman–Crippen MR) is 70.7 cm³/mol. The Kier molecular flexibility index (Phi) is 3.47. The van der Waals surface area contributed by atoms with Crippen LogP contribution < -0.4 is 10.5 Å². The number of nitrogens with zero attached hydrogens (tertiary/aromatic N) is 2. The molecule has 0 spiro atoms. The number of nitrogen functional groups attached to an aromatic ring is 1. The molecule has 0 bridgehead atoms. The molecule has 2 rings (SSSR count). The fourth-order valence-corrected chi connectivity index (χ4v) is 1.51. The molecule has 8 heteroatoms. The van der Waals surface area contributed by atoms with Crippen molar-refractivity contribution in [1.82, 2.24) is 0 Å². The summed E-state index contributed by atoms with van der Waals surface area (Å²) in [6.07, 6.45) is 0. The molecule has 0 radical (unpaired) electrons. The molecule has 102 valence electrons. The van der Waals surface area contributed by atoms with Crippen LogP contribution in [0.25, 0.3) is 0 Å². The van der Waals surface area contributed by atoms with Crippen molar-refractivity contribution in [2.45, 2.75) is 0 Å². The minimum Gasteiger partial charge on any atom is -0.455 e. The molecular formula is C12H9N3O5. The van der Waals surface area contributed by atoms with Crippen molar-refractivity contribution in [2.24, 2.45) is 0 Å². The molecular weight excluding hydrogens is 266 g/mol. The zero-order valence-electron chi connectivity index (χ0n) is 10.1. The first-order valence-electron chi connectivity index (χ1n) is 5.43. The topological polar surface area (TPSA) is 122 Å². The van der Waals surface area contributed by atoms with Gasteiger partial charge in [0.2, 0.25) is 0 Å². The summed E-state index contributed by atoms with van der Waals surface area (Å²) >= 11 is 0. The van der Waals surface area contributed by atoms with Gasteiger partial charge in [0.25, 0.3) is 11.4 Å². The van der Waals surface area contributed by atoms with Crippen molar-refractivity contribution < 1.29 is 14.6 Å². The van der Waals surface area contributed by atoms with Crippen LogP contribution >= 0.6 is 0 Å². The van der Waals surface area contributed by atoms with E-state index in [2.05, 4.69) is 0 Å². The Bertz CT molecular complexity index is 669. The van der Waals surface area contributed by atoms with Crippen LogP contribution in [0.2, 0.25) is 0 Å². The van der Waals surface area contributed by atoms with E-state index >= 15 is 0 Å². The Morgan fingerprint density at radius 1 is 0.900 bits per heavy atom. The molecule has 0 saturated heterocycles. The smallest absolute Gasteiger partial charge is 0.271 e. The second-order valence-corrected chi connectivity index (χ2v) is 3.83. The van der Waals surface area contributed by atoms with E-state index in [9.17, 15) is 20.2 Å². The lowest BCUT2D eigenvalue weighted by Gasteiger charge is -2.07. The molecule has 8 nitrogen and oxygen atoms in total. The lowest BCUT2D eigenvalue weighted by atomic mass is 10.2. The Morgan fingerprint density at radius 2 is 1.45 bits per heavy atom. The molecule has 0 unspecified atom stereocenters. The third-order valence-corrected chi connectivity index (χ3v) is 2.48. The molecule has 0 aliphatic rings. The Morgan fingerprint density at radius 3 is 1.95 bits per heavy atom. The molecule has 0 heterocycles. The van der Waals surface area contributed by atoms with Crippen molar-refractivity contribution in [3.8, 4) is 11.5 Å². The second kappa shape index (κ2) is 5.22. The molecule has 0 amide bonds. The van der Waals surface area contributed by atoms with E-state index in [1.165, 1.54) is 42.5 Å². The Labute approximate surface area is 112 Å². The first kappa shape index (κ1) is 13.3. The predicted octanol–water partition coefficient (Wildman–Crippen LogP) is 2.88. The van der Waals surface area contributed by atoms with Gasteiger partial charge in [-0.15, -0.1) is 0 Å². The number of hydrogen-bond donors (Lipinski definition) is 1. The van der Waals surface area contributed by atoms with Gasteiger partial charge in [-0.3, -0.25) is 20.2 Å². The minimum absolute atomic E-state index is 0.0611. The molecule has 2 N–H and O–H groups in total. The van der Waals surface area contributed by atoms with Crippen molar-refractivity contribution in [3.63, 3.8) is 0 Å². The lowest BCUT2D eigenvalue weighted by Crippen LogP contribution is -1.95. The van der Waals surface area contributed by atoms with Crippen LogP contribution in [0.4, 0.5) is 17.1 Å².